The van der Waals surface area contributed by atoms with Gasteiger partial charge in [-0.25, -0.2) is 8.78 Å². The summed E-state index contributed by atoms with van der Waals surface area (Å²) in [6, 6.07) is 3.93. The van der Waals surface area contributed by atoms with Gasteiger partial charge in [0.2, 0.25) is 0 Å². The topological polar surface area (TPSA) is 45.7 Å². The lowest BCUT2D eigenvalue weighted by atomic mass is 9.78. The van der Waals surface area contributed by atoms with Crippen LogP contribution < -0.4 is 10.6 Å². The van der Waals surface area contributed by atoms with Crippen LogP contribution in [-0.4, -0.2) is 38.8 Å². The molecule has 154 valence electrons. The Balaban J connectivity index is 0.00000364. The molecule has 1 aliphatic rings. The molecular weight excluding hydrogens is 463 g/mol. The van der Waals surface area contributed by atoms with Crippen LogP contribution in [0.15, 0.2) is 23.2 Å². The van der Waals surface area contributed by atoms with Crippen LogP contribution in [0.2, 0.25) is 0 Å². The van der Waals surface area contributed by atoms with Gasteiger partial charge >= 0.3 is 0 Å². The fraction of sp³-hybridized carbons (Fsp3) is 0.650. The van der Waals surface area contributed by atoms with E-state index in [4.69, 9.17) is 4.74 Å². The molecule has 0 amide bonds. The number of benzene rings is 1. The molecule has 2 rings (SSSR count). The third-order valence-corrected chi connectivity index (χ3v) is 4.78. The van der Waals surface area contributed by atoms with Crippen LogP contribution in [0.5, 0.6) is 0 Å². The van der Waals surface area contributed by atoms with E-state index < -0.39 is 11.6 Å². The van der Waals surface area contributed by atoms with Gasteiger partial charge in [0, 0.05) is 38.2 Å². The Kier molecular flexibility index (Phi) is 9.94. The largest absolute Gasteiger partial charge is 0.377 e. The fourth-order valence-corrected chi connectivity index (χ4v) is 3.53. The molecule has 2 atom stereocenters. The Labute approximate surface area is 178 Å². The predicted molar refractivity (Wildman–Crippen MR) is 117 cm³/mol. The molecule has 2 unspecified atom stereocenters. The standard InChI is InChI=1S/C20H31F2N3O.HI/c1-20(2,3)18-14(7-6-12-26-18)13-25-19(23-4)24-11-10-15-16(21)8-5-9-17(15)22;/h5,8-9,14,18H,6-7,10-13H2,1-4H3,(H2,23,24,25);1H. The summed E-state index contributed by atoms with van der Waals surface area (Å²) in [7, 11) is 1.69. The molecule has 1 heterocycles. The number of hydrogen-bond acceptors (Lipinski definition) is 2. The maximum absolute atomic E-state index is 13.7. The molecule has 0 aliphatic carbocycles. The van der Waals surface area contributed by atoms with Crippen molar-refractivity contribution >= 4 is 29.9 Å². The lowest BCUT2D eigenvalue weighted by molar-refractivity contribution is -0.0835. The van der Waals surface area contributed by atoms with Gasteiger partial charge in [0.25, 0.3) is 0 Å². The van der Waals surface area contributed by atoms with Crippen molar-refractivity contribution in [3.05, 3.63) is 35.4 Å². The third-order valence-electron chi connectivity index (χ3n) is 4.78. The van der Waals surface area contributed by atoms with E-state index in [1.54, 1.807) is 7.05 Å². The summed E-state index contributed by atoms with van der Waals surface area (Å²) in [6.45, 7) is 8.58. The molecule has 1 aromatic rings. The van der Waals surface area contributed by atoms with Crippen molar-refractivity contribution in [1.29, 1.82) is 0 Å². The Morgan fingerprint density at radius 3 is 2.48 bits per heavy atom. The van der Waals surface area contributed by atoms with E-state index in [-0.39, 0.29) is 47.5 Å². The van der Waals surface area contributed by atoms with Gasteiger partial charge in [0.1, 0.15) is 11.6 Å². The number of aliphatic imine (C=N–C) groups is 1. The zero-order valence-electron chi connectivity index (χ0n) is 16.6. The van der Waals surface area contributed by atoms with Crippen LogP contribution in [0.4, 0.5) is 8.78 Å². The van der Waals surface area contributed by atoms with Gasteiger partial charge < -0.3 is 15.4 Å². The Morgan fingerprint density at radius 2 is 1.89 bits per heavy atom. The molecule has 1 saturated heterocycles. The van der Waals surface area contributed by atoms with Crippen LogP contribution in [0.25, 0.3) is 0 Å². The summed E-state index contributed by atoms with van der Waals surface area (Å²) in [5.41, 5.74) is 0.190. The molecule has 0 spiro atoms. The first-order chi connectivity index (χ1) is 12.3. The highest BCUT2D eigenvalue weighted by Crippen LogP contribution is 2.33. The number of hydrogen-bond donors (Lipinski definition) is 2. The van der Waals surface area contributed by atoms with Crippen LogP contribution in [0.3, 0.4) is 0 Å². The molecule has 7 heteroatoms. The molecule has 1 aromatic carbocycles. The minimum Gasteiger partial charge on any atom is -0.377 e. The highest BCUT2D eigenvalue weighted by Gasteiger charge is 2.35. The molecule has 1 aliphatic heterocycles. The van der Waals surface area contributed by atoms with Gasteiger partial charge in [-0.3, -0.25) is 4.99 Å². The fourth-order valence-electron chi connectivity index (χ4n) is 3.53. The van der Waals surface area contributed by atoms with Crippen molar-refractivity contribution in [3.63, 3.8) is 0 Å². The SMILES string of the molecule is CN=C(NCCc1c(F)cccc1F)NCC1CCCOC1C(C)(C)C.I. The third kappa shape index (κ3) is 7.18. The Morgan fingerprint density at radius 1 is 1.22 bits per heavy atom. The quantitative estimate of drug-likeness (QED) is 0.367. The number of nitrogens with zero attached hydrogens (tertiary/aromatic N) is 1. The number of halogens is 3. The Hall–Kier alpha value is -0.960. The average Bonchev–Trinajstić information content (AvgIpc) is 2.59. The summed E-state index contributed by atoms with van der Waals surface area (Å²) in [5.74, 6) is 0.0236. The number of ether oxygens (including phenoxy) is 1. The van der Waals surface area contributed by atoms with Crippen molar-refractivity contribution in [1.82, 2.24) is 10.6 Å². The minimum absolute atomic E-state index is 0. The first-order valence-electron chi connectivity index (χ1n) is 9.32. The normalized spacial score (nSPS) is 20.7. The van der Waals surface area contributed by atoms with E-state index in [0.29, 0.717) is 18.4 Å². The molecule has 27 heavy (non-hydrogen) atoms. The van der Waals surface area contributed by atoms with Crippen molar-refractivity contribution in [3.8, 4) is 0 Å². The van der Waals surface area contributed by atoms with Crippen molar-refractivity contribution in [2.45, 2.75) is 46.1 Å². The highest BCUT2D eigenvalue weighted by atomic mass is 127. The van der Waals surface area contributed by atoms with Crippen LogP contribution in [0, 0.1) is 23.0 Å². The van der Waals surface area contributed by atoms with E-state index in [1.807, 2.05) is 0 Å². The molecule has 2 N–H and O–H groups in total. The summed E-state index contributed by atoms with van der Waals surface area (Å²) in [5, 5.41) is 6.46. The van der Waals surface area contributed by atoms with Crippen LogP contribution in [-0.2, 0) is 11.2 Å². The molecule has 1 fully saturated rings. The number of nitrogens with one attached hydrogen (secondary N) is 2. The molecular formula is C20H32F2IN3O. The summed E-state index contributed by atoms with van der Waals surface area (Å²) in [6.07, 6.45) is 2.65. The maximum atomic E-state index is 13.7. The second kappa shape index (κ2) is 11.1. The van der Waals surface area contributed by atoms with Gasteiger partial charge in [0.15, 0.2) is 5.96 Å². The average molecular weight is 495 g/mol. The van der Waals surface area contributed by atoms with E-state index in [0.717, 1.165) is 26.0 Å². The van der Waals surface area contributed by atoms with E-state index in [9.17, 15) is 8.78 Å². The smallest absolute Gasteiger partial charge is 0.190 e. The van der Waals surface area contributed by atoms with E-state index >= 15 is 0 Å². The monoisotopic (exact) mass is 495 g/mol. The molecule has 0 aromatic heterocycles. The van der Waals surface area contributed by atoms with Crippen molar-refractivity contribution in [2.24, 2.45) is 16.3 Å². The van der Waals surface area contributed by atoms with Crippen molar-refractivity contribution in [2.75, 3.05) is 26.7 Å². The lowest BCUT2D eigenvalue weighted by Gasteiger charge is -2.40. The van der Waals surface area contributed by atoms with Gasteiger partial charge in [-0.15, -0.1) is 24.0 Å². The minimum atomic E-state index is -0.512. The summed E-state index contributed by atoms with van der Waals surface area (Å²) in [4.78, 5) is 4.20. The first kappa shape index (κ1) is 24.1. The molecule has 0 bridgehead atoms. The van der Waals surface area contributed by atoms with Crippen LogP contribution >= 0.6 is 24.0 Å². The van der Waals surface area contributed by atoms with Gasteiger partial charge in [-0.2, -0.15) is 0 Å². The number of guanidine groups is 1. The Bertz CT molecular complexity index is 599. The highest BCUT2D eigenvalue weighted by molar-refractivity contribution is 14.0. The molecule has 4 nitrogen and oxygen atoms in total. The zero-order valence-corrected chi connectivity index (χ0v) is 19.0. The zero-order chi connectivity index (χ0) is 19.2. The first-order valence-corrected chi connectivity index (χ1v) is 9.32. The molecule has 0 saturated carbocycles. The maximum Gasteiger partial charge on any atom is 0.190 e. The van der Waals surface area contributed by atoms with Gasteiger partial charge in [0.05, 0.1) is 6.10 Å². The van der Waals surface area contributed by atoms with Crippen molar-refractivity contribution < 1.29 is 13.5 Å². The van der Waals surface area contributed by atoms with E-state index in [1.165, 1.54) is 18.2 Å². The second-order valence-electron chi connectivity index (χ2n) is 7.89. The second-order valence-corrected chi connectivity index (χ2v) is 7.89. The van der Waals surface area contributed by atoms with Gasteiger partial charge in [-0.1, -0.05) is 26.8 Å². The lowest BCUT2D eigenvalue weighted by Crippen LogP contribution is -2.47. The van der Waals surface area contributed by atoms with Crippen LogP contribution in [0.1, 0.15) is 39.2 Å². The molecule has 0 radical (unpaired) electrons. The number of rotatable bonds is 5. The van der Waals surface area contributed by atoms with E-state index in [2.05, 4.69) is 36.4 Å². The predicted octanol–water partition coefficient (Wildman–Crippen LogP) is 4.13. The summed E-state index contributed by atoms with van der Waals surface area (Å²) < 4.78 is 33.4. The van der Waals surface area contributed by atoms with Gasteiger partial charge in [-0.05, 0) is 36.8 Å². The summed E-state index contributed by atoms with van der Waals surface area (Å²) >= 11 is 0.